The van der Waals surface area contributed by atoms with E-state index in [-0.39, 0.29) is 5.52 Å². The van der Waals surface area contributed by atoms with E-state index in [0.717, 1.165) is 22.2 Å². The summed E-state index contributed by atoms with van der Waals surface area (Å²) < 4.78 is 17.0. The number of hydrogen-bond acceptors (Lipinski definition) is 4. The predicted octanol–water partition coefficient (Wildman–Crippen LogP) is 4.63. The van der Waals surface area contributed by atoms with Crippen molar-refractivity contribution in [2.45, 2.75) is 0 Å². The Morgan fingerprint density at radius 3 is 2.12 bits per heavy atom. The maximum atomic E-state index is 13.5. The molecule has 0 saturated heterocycles. The minimum absolute atomic E-state index is 0.128. The first-order valence-electron chi connectivity index (χ1n) is 8.16. The minimum Gasteiger partial charge on any atom is -0.496 e. The van der Waals surface area contributed by atoms with E-state index in [4.69, 9.17) is 14.0 Å². The van der Waals surface area contributed by atoms with Crippen LogP contribution in [0.1, 0.15) is 10.4 Å². The number of benzene rings is 3. The largest absolute Gasteiger partial charge is 0.496 e. The number of para-hydroxylation sites is 1. The fourth-order valence-electron chi connectivity index (χ4n) is 3.11. The van der Waals surface area contributed by atoms with Crippen molar-refractivity contribution in [2.75, 3.05) is 14.2 Å². The van der Waals surface area contributed by atoms with Crippen LogP contribution in [-0.2, 0) is 0 Å². The van der Waals surface area contributed by atoms with E-state index in [0.29, 0.717) is 17.1 Å². The maximum Gasteiger partial charge on any atom is 0.236 e. The predicted molar refractivity (Wildman–Crippen MR) is 103 cm³/mol. The van der Waals surface area contributed by atoms with Crippen molar-refractivity contribution in [3.05, 3.63) is 72.3 Å². The van der Waals surface area contributed by atoms with Crippen molar-refractivity contribution in [3.63, 3.8) is 0 Å². The van der Waals surface area contributed by atoms with E-state index in [1.54, 1.807) is 32.4 Å². The molecule has 1 atom stereocenters. The Morgan fingerprint density at radius 2 is 1.42 bits per heavy atom. The third kappa shape index (κ3) is 2.63. The van der Waals surface area contributed by atoms with Crippen molar-refractivity contribution in [1.29, 1.82) is 0 Å². The molecule has 3 aromatic carbocycles. The summed E-state index contributed by atoms with van der Waals surface area (Å²) in [4.78, 5) is 13.5. The smallest absolute Gasteiger partial charge is 0.236 e. The van der Waals surface area contributed by atoms with Crippen LogP contribution in [0.4, 0.5) is 0 Å². The highest BCUT2D eigenvalue weighted by Gasteiger charge is 2.35. The molecule has 1 aliphatic rings. The van der Waals surface area contributed by atoms with Crippen molar-refractivity contribution in [2.24, 2.45) is 0 Å². The minimum atomic E-state index is -1.55. The molecule has 0 fully saturated rings. The Balaban J connectivity index is 1.87. The average molecular weight is 364 g/mol. The van der Waals surface area contributed by atoms with E-state index in [1.807, 2.05) is 48.5 Å². The van der Waals surface area contributed by atoms with Crippen LogP contribution in [0.15, 0.2) is 66.7 Å². The molecule has 0 bridgehead atoms. The number of ether oxygens (including phenoxy) is 2. The van der Waals surface area contributed by atoms with Crippen LogP contribution in [0, 0.1) is 0 Å². The van der Waals surface area contributed by atoms with Gasteiger partial charge in [-0.2, -0.15) is 0 Å². The molecule has 0 aliphatic carbocycles. The van der Waals surface area contributed by atoms with Gasteiger partial charge >= 0.3 is 0 Å². The number of carbonyl (C=O) groups excluding carboxylic acids is 1. The van der Waals surface area contributed by atoms with E-state index in [1.165, 1.54) is 0 Å². The molecule has 0 amide bonds. The van der Waals surface area contributed by atoms with Crippen LogP contribution in [0.25, 0.3) is 11.1 Å². The molecule has 0 radical (unpaired) electrons. The Kier molecular flexibility index (Phi) is 4.36. The molecule has 5 heteroatoms. The van der Waals surface area contributed by atoms with Gasteiger partial charge < -0.3 is 14.0 Å². The number of methoxy groups -OCH3 is 2. The summed E-state index contributed by atoms with van der Waals surface area (Å²) in [5.41, 5.74) is 2.32. The highest BCUT2D eigenvalue weighted by atomic mass is 31.1. The van der Waals surface area contributed by atoms with Gasteiger partial charge in [0.25, 0.3) is 0 Å². The van der Waals surface area contributed by atoms with Gasteiger partial charge in [0.1, 0.15) is 22.8 Å². The fourth-order valence-corrected chi connectivity index (χ4v) is 4.92. The number of fused-ring (bicyclic) bond motifs is 3. The lowest BCUT2D eigenvalue weighted by molar-refractivity contribution is 0.107. The van der Waals surface area contributed by atoms with E-state index in [9.17, 15) is 4.79 Å². The van der Waals surface area contributed by atoms with Crippen molar-refractivity contribution < 1.29 is 18.8 Å². The van der Waals surface area contributed by atoms with Crippen molar-refractivity contribution in [1.82, 2.24) is 0 Å². The monoisotopic (exact) mass is 364 g/mol. The van der Waals surface area contributed by atoms with Crippen LogP contribution < -0.4 is 19.3 Å². The molecule has 4 rings (SSSR count). The van der Waals surface area contributed by atoms with Gasteiger partial charge in [-0.15, -0.1) is 0 Å². The molecule has 4 nitrogen and oxygen atoms in total. The zero-order valence-electron chi connectivity index (χ0n) is 14.4. The summed E-state index contributed by atoms with van der Waals surface area (Å²) in [7, 11) is 1.54. The number of rotatable bonds is 4. The molecule has 1 unspecified atom stereocenters. The van der Waals surface area contributed by atoms with Crippen LogP contribution in [0.2, 0.25) is 0 Å². The molecule has 0 N–H and O–H groups in total. The van der Waals surface area contributed by atoms with Gasteiger partial charge in [-0.25, -0.2) is 0 Å². The number of carbonyl (C=O) groups is 1. The highest BCUT2D eigenvalue weighted by Crippen LogP contribution is 2.52. The van der Waals surface area contributed by atoms with Crippen LogP contribution in [0.5, 0.6) is 17.2 Å². The summed E-state index contributed by atoms with van der Waals surface area (Å²) in [5, 5.41) is 0.902. The second-order valence-electron chi connectivity index (χ2n) is 5.74. The Bertz CT molecular complexity index is 961. The van der Waals surface area contributed by atoms with Gasteiger partial charge in [0.2, 0.25) is 5.52 Å². The van der Waals surface area contributed by atoms with E-state index >= 15 is 0 Å². The molecular formula is C21H17O4P. The topological polar surface area (TPSA) is 44.8 Å². The molecule has 0 aromatic heterocycles. The standard InChI is InChI=1S/C21H17O4P/c1-23-17-11-7-12-18(24-2)20(17)21(22)26-19-13-6-4-9-15(19)14-8-3-5-10-16(14)25-26/h3-13H,1-2H3. The molecule has 1 heterocycles. The lowest BCUT2D eigenvalue weighted by Crippen LogP contribution is -2.20. The van der Waals surface area contributed by atoms with Gasteiger partial charge in [0.05, 0.1) is 14.2 Å². The number of hydrogen-bond donors (Lipinski definition) is 0. The molecule has 3 aromatic rings. The lowest BCUT2D eigenvalue weighted by atomic mass is 10.0. The first-order chi connectivity index (χ1) is 12.7. The summed E-state index contributed by atoms with van der Waals surface area (Å²) in [5.74, 6) is 1.69. The zero-order chi connectivity index (χ0) is 18.1. The molecule has 0 spiro atoms. The van der Waals surface area contributed by atoms with Gasteiger partial charge in [-0.05, 0) is 23.8 Å². The summed E-state index contributed by atoms with van der Waals surface area (Å²) in [6, 6.07) is 21.0. The van der Waals surface area contributed by atoms with E-state index < -0.39 is 8.15 Å². The first-order valence-corrected chi connectivity index (χ1v) is 9.42. The van der Waals surface area contributed by atoms with Gasteiger partial charge in [0.15, 0.2) is 8.15 Å². The van der Waals surface area contributed by atoms with Crippen LogP contribution in [0.3, 0.4) is 0 Å². The maximum absolute atomic E-state index is 13.5. The SMILES string of the molecule is COc1cccc(OC)c1C(=O)P1Oc2ccccc2-c2ccccc21. The third-order valence-electron chi connectivity index (χ3n) is 4.32. The molecular weight excluding hydrogens is 347 g/mol. The highest BCUT2D eigenvalue weighted by molar-refractivity contribution is 7.78. The average Bonchev–Trinajstić information content (AvgIpc) is 2.72. The lowest BCUT2D eigenvalue weighted by Gasteiger charge is -2.27. The first kappa shape index (κ1) is 16.6. The summed E-state index contributed by atoms with van der Waals surface area (Å²) in [6.07, 6.45) is 0. The third-order valence-corrected chi connectivity index (χ3v) is 6.12. The Morgan fingerprint density at radius 1 is 0.808 bits per heavy atom. The molecule has 130 valence electrons. The van der Waals surface area contributed by atoms with Crippen molar-refractivity contribution >= 4 is 19.0 Å². The molecule has 1 aliphatic heterocycles. The van der Waals surface area contributed by atoms with Crippen LogP contribution >= 0.6 is 8.15 Å². The fraction of sp³-hybridized carbons (Fsp3) is 0.0952. The zero-order valence-corrected chi connectivity index (χ0v) is 15.3. The van der Waals surface area contributed by atoms with Crippen molar-refractivity contribution in [3.8, 4) is 28.4 Å². The molecule has 26 heavy (non-hydrogen) atoms. The van der Waals surface area contributed by atoms with E-state index in [2.05, 4.69) is 0 Å². The van der Waals surface area contributed by atoms with Gasteiger partial charge in [-0.1, -0.05) is 48.5 Å². The van der Waals surface area contributed by atoms with Crippen LogP contribution in [-0.4, -0.2) is 19.7 Å². The van der Waals surface area contributed by atoms with Gasteiger partial charge in [-0.3, -0.25) is 4.79 Å². The second-order valence-corrected chi connectivity index (χ2v) is 7.40. The quantitative estimate of drug-likeness (QED) is 0.634. The summed E-state index contributed by atoms with van der Waals surface area (Å²) in [6.45, 7) is 0. The Labute approximate surface area is 153 Å². The second kappa shape index (κ2) is 6.81. The normalized spacial score (nSPS) is 14.6. The molecule has 0 saturated carbocycles. The summed E-state index contributed by atoms with van der Waals surface area (Å²) >= 11 is 0. The van der Waals surface area contributed by atoms with Gasteiger partial charge in [0, 0.05) is 10.9 Å². The Hall–Kier alpha value is -2.84.